The maximum Gasteiger partial charge on any atom is 0.245 e. The fourth-order valence-corrected chi connectivity index (χ4v) is 1.41. The van der Waals surface area contributed by atoms with Crippen LogP contribution in [-0.2, 0) is 16.1 Å². The van der Waals surface area contributed by atoms with Gasteiger partial charge in [-0.3, -0.25) is 9.59 Å². The second kappa shape index (κ2) is 6.61. The predicted molar refractivity (Wildman–Crippen MR) is 64.6 cm³/mol. The zero-order valence-corrected chi connectivity index (χ0v) is 10.0. The summed E-state index contributed by atoms with van der Waals surface area (Å²) in [5.41, 5.74) is 0.561. The number of aliphatic hydroxyl groups excluding tert-OH is 1. The second-order valence-electron chi connectivity index (χ2n) is 3.78. The standard InChI is InChI=1S/C12H16N2O4/c1-8(16)14-10(7-15)12(18)13-6-9-4-2-3-5-11(9)17/h2-5,10,15,17H,6-7H2,1H3,(H,13,18)(H,14,16)/t10-/m1/s1. The van der Waals surface area contributed by atoms with Crippen molar-refractivity contribution in [2.45, 2.75) is 19.5 Å². The summed E-state index contributed by atoms with van der Waals surface area (Å²) in [6.07, 6.45) is 0. The Bertz CT molecular complexity index is 434. The maximum atomic E-state index is 11.6. The minimum atomic E-state index is -0.978. The molecule has 0 bridgehead atoms. The number of para-hydroxylation sites is 1. The fraction of sp³-hybridized carbons (Fsp3) is 0.333. The van der Waals surface area contributed by atoms with E-state index in [4.69, 9.17) is 5.11 Å². The molecule has 0 saturated carbocycles. The highest BCUT2D eigenvalue weighted by Crippen LogP contribution is 2.14. The Hall–Kier alpha value is -2.08. The van der Waals surface area contributed by atoms with Gasteiger partial charge in [0.15, 0.2) is 0 Å². The summed E-state index contributed by atoms with van der Waals surface area (Å²) >= 11 is 0. The first-order valence-corrected chi connectivity index (χ1v) is 5.47. The highest BCUT2D eigenvalue weighted by molar-refractivity contribution is 5.86. The van der Waals surface area contributed by atoms with Crippen molar-refractivity contribution < 1.29 is 19.8 Å². The molecular formula is C12H16N2O4. The topological polar surface area (TPSA) is 98.7 Å². The third-order valence-corrected chi connectivity index (χ3v) is 2.32. The van der Waals surface area contributed by atoms with Gasteiger partial charge < -0.3 is 20.8 Å². The normalized spacial score (nSPS) is 11.7. The van der Waals surface area contributed by atoms with Gasteiger partial charge in [-0.15, -0.1) is 0 Å². The van der Waals surface area contributed by atoms with E-state index in [-0.39, 0.29) is 12.3 Å². The molecule has 0 heterocycles. The zero-order chi connectivity index (χ0) is 13.5. The van der Waals surface area contributed by atoms with Gasteiger partial charge in [-0.2, -0.15) is 0 Å². The van der Waals surface area contributed by atoms with Crippen LogP contribution in [0, 0.1) is 0 Å². The van der Waals surface area contributed by atoms with Gasteiger partial charge in [0.2, 0.25) is 11.8 Å². The molecule has 0 aliphatic carbocycles. The molecule has 0 radical (unpaired) electrons. The van der Waals surface area contributed by atoms with Gasteiger partial charge in [0.1, 0.15) is 11.8 Å². The molecule has 4 N–H and O–H groups in total. The second-order valence-corrected chi connectivity index (χ2v) is 3.78. The van der Waals surface area contributed by atoms with E-state index in [0.29, 0.717) is 5.56 Å². The summed E-state index contributed by atoms with van der Waals surface area (Å²) in [7, 11) is 0. The molecular weight excluding hydrogens is 236 g/mol. The summed E-state index contributed by atoms with van der Waals surface area (Å²) in [5.74, 6) is -0.819. The first kappa shape index (κ1) is 14.0. The molecule has 2 amide bonds. The molecule has 0 aromatic heterocycles. The lowest BCUT2D eigenvalue weighted by atomic mass is 10.2. The van der Waals surface area contributed by atoms with E-state index in [1.54, 1.807) is 18.2 Å². The summed E-state index contributed by atoms with van der Waals surface area (Å²) < 4.78 is 0. The highest BCUT2D eigenvalue weighted by atomic mass is 16.3. The van der Waals surface area contributed by atoms with Crippen molar-refractivity contribution in [1.82, 2.24) is 10.6 Å². The molecule has 98 valence electrons. The van der Waals surface area contributed by atoms with Crippen LogP contribution in [0.4, 0.5) is 0 Å². The Morgan fingerprint density at radius 2 is 2.00 bits per heavy atom. The third-order valence-electron chi connectivity index (χ3n) is 2.32. The van der Waals surface area contributed by atoms with Crippen molar-refractivity contribution in [3.63, 3.8) is 0 Å². The molecule has 1 rings (SSSR count). The molecule has 1 atom stereocenters. The number of aliphatic hydroxyl groups is 1. The van der Waals surface area contributed by atoms with Crippen LogP contribution in [0.25, 0.3) is 0 Å². The Kier molecular flexibility index (Phi) is 5.13. The average Bonchev–Trinajstić information content (AvgIpc) is 2.34. The summed E-state index contributed by atoms with van der Waals surface area (Å²) in [5, 5.41) is 23.3. The van der Waals surface area contributed by atoms with Crippen LogP contribution in [0.3, 0.4) is 0 Å². The zero-order valence-electron chi connectivity index (χ0n) is 10.0. The van der Waals surface area contributed by atoms with Gasteiger partial charge in [-0.1, -0.05) is 18.2 Å². The number of carbonyl (C=O) groups excluding carboxylic acids is 2. The number of rotatable bonds is 5. The SMILES string of the molecule is CC(=O)N[C@H](CO)C(=O)NCc1ccccc1O. The van der Waals surface area contributed by atoms with E-state index in [9.17, 15) is 14.7 Å². The first-order chi connectivity index (χ1) is 8.54. The van der Waals surface area contributed by atoms with Gasteiger partial charge in [-0.25, -0.2) is 0 Å². The van der Waals surface area contributed by atoms with E-state index in [1.165, 1.54) is 13.0 Å². The monoisotopic (exact) mass is 252 g/mol. The molecule has 18 heavy (non-hydrogen) atoms. The van der Waals surface area contributed by atoms with Crippen molar-refractivity contribution in [2.75, 3.05) is 6.61 Å². The molecule has 0 aliphatic rings. The smallest absolute Gasteiger partial charge is 0.245 e. The molecule has 0 unspecified atom stereocenters. The largest absolute Gasteiger partial charge is 0.508 e. The van der Waals surface area contributed by atoms with Crippen LogP contribution in [0.5, 0.6) is 5.75 Å². The van der Waals surface area contributed by atoms with Crippen LogP contribution < -0.4 is 10.6 Å². The molecule has 0 fully saturated rings. The summed E-state index contributed by atoms with van der Waals surface area (Å²) in [4.78, 5) is 22.4. The summed E-state index contributed by atoms with van der Waals surface area (Å²) in [6, 6.07) is 5.61. The molecule has 6 heteroatoms. The van der Waals surface area contributed by atoms with E-state index >= 15 is 0 Å². The number of aromatic hydroxyl groups is 1. The van der Waals surface area contributed by atoms with Crippen molar-refractivity contribution in [3.8, 4) is 5.75 Å². The van der Waals surface area contributed by atoms with Gasteiger partial charge in [0.25, 0.3) is 0 Å². The van der Waals surface area contributed by atoms with Crippen molar-refractivity contribution >= 4 is 11.8 Å². The Morgan fingerprint density at radius 1 is 1.33 bits per heavy atom. The number of phenols is 1. The lowest BCUT2D eigenvalue weighted by molar-refractivity contribution is -0.129. The minimum Gasteiger partial charge on any atom is -0.508 e. The Morgan fingerprint density at radius 3 is 2.56 bits per heavy atom. The lowest BCUT2D eigenvalue weighted by Crippen LogP contribution is -2.48. The molecule has 1 aromatic carbocycles. The van der Waals surface area contributed by atoms with Crippen LogP contribution in [0.2, 0.25) is 0 Å². The number of hydrogen-bond acceptors (Lipinski definition) is 4. The highest BCUT2D eigenvalue weighted by Gasteiger charge is 2.17. The van der Waals surface area contributed by atoms with Crippen LogP contribution in [-0.4, -0.2) is 34.7 Å². The van der Waals surface area contributed by atoms with Crippen molar-refractivity contribution in [1.29, 1.82) is 0 Å². The first-order valence-electron chi connectivity index (χ1n) is 5.47. The van der Waals surface area contributed by atoms with E-state index in [2.05, 4.69) is 10.6 Å². The summed E-state index contributed by atoms with van der Waals surface area (Å²) in [6.45, 7) is 0.909. The maximum absolute atomic E-state index is 11.6. The molecule has 0 saturated heterocycles. The predicted octanol–water partition coefficient (Wildman–Crippen LogP) is -0.495. The van der Waals surface area contributed by atoms with Crippen LogP contribution in [0.1, 0.15) is 12.5 Å². The minimum absolute atomic E-state index is 0.0814. The molecule has 0 aliphatic heterocycles. The number of carbonyl (C=O) groups is 2. The number of amides is 2. The number of phenolic OH excluding ortho intramolecular Hbond substituents is 1. The average molecular weight is 252 g/mol. The number of hydrogen-bond donors (Lipinski definition) is 4. The molecule has 1 aromatic rings. The van der Waals surface area contributed by atoms with Crippen LogP contribution >= 0.6 is 0 Å². The third kappa shape index (κ3) is 4.06. The number of benzene rings is 1. The Balaban J connectivity index is 2.54. The lowest BCUT2D eigenvalue weighted by Gasteiger charge is -2.15. The molecule has 6 nitrogen and oxygen atoms in total. The van der Waals surface area contributed by atoms with Gasteiger partial charge in [0, 0.05) is 19.0 Å². The van der Waals surface area contributed by atoms with E-state index < -0.39 is 24.5 Å². The molecule has 0 spiro atoms. The van der Waals surface area contributed by atoms with Crippen molar-refractivity contribution in [3.05, 3.63) is 29.8 Å². The van der Waals surface area contributed by atoms with Crippen molar-refractivity contribution in [2.24, 2.45) is 0 Å². The number of nitrogens with one attached hydrogen (secondary N) is 2. The van der Waals surface area contributed by atoms with Gasteiger partial charge in [0.05, 0.1) is 6.61 Å². The Labute approximate surface area is 105 Å². The van der Waals surface area contributed by atoms with Crippen LogP contribution in [0.15, 0.2) is 24.3 Å². The van der Waals surface area contributed by atoms with Gasteiger partial charge in [-0.05, 0) is 6.07 Å². The van der Waals surface area contributed by atoms with Gasteiger partial charge >= 0.3 is 0 Å². The quantitative estimate of drug-likeness (QED) is 0.568. The van der Waals surface area contributed by atoms with E-state index in [0.717, 1.165) is 0 Å². The fourth-order valence-electron chi connectivity index (χ4n) is 1.41. The van der Waals surface area contributed by atoms with E-state index in [1.807, 2.05) is 0 Å².